The molecule has 2 rings (SSSR count). The van der Waals surface area contributed by atoms with Crippen molar-refractivity contribution in [3.05, 3.63) is 23.2 Å². The van der Waals surface area contributed by atoms with Crippen molar-refractivity contribution in [2.24, 2.45) is 0 Å². The number of nitrogens with two attached hydrogens (primary N) is 1. The van der Waals surface area contributed by atoms with Crippen molar-refractivity contribution in [1.82, 2.24) is 9.21 Å². The molecule has 1 fully saturated rings. The van der Waals surface area contributed by atoms with Crippen LogP contribution in [0.1, 0.15) is 12.8 Å². The van der Waals surface area contributed by atoms with E-state index in [1.54, 1.807) is 13.1 Å². The summed E-state index contributed by atoms with van der Waals surface area (Å²) in [5, 5.41) is 0.430. The molecule has 7 heteroatoms. The molecule has 1 atom stereocenters. The number of likely N-dealkylation sites (tertiary alicyclic amines) is 1. The Morgan fingerprint density at radius 3 is 2.75 bits per heavy atom. The minimum Gasteiger partial charge on any atom is -0.398 e. The SMILES string of the molecule is CN1CCCC1CN(C)S(=O)(=O)c1ccc(Cl)cc1N. The minimum atomic E-state index is -3.57. The number of sulfonamides is 1. The maximum absolute atomic E-state index is 12.5. The van der Waals surface area contributed by atoms with Gasteiger partial charge in [0.2, 0.25) is 10.0 Å². The summed E-state index contributed by atoms with van der Waals surface area (Å²) in [6.07, 6.45) is 2.13. The van der Waals surface area contributed by atoms with Gasteiger partial charge in [-0.15, -0.1) is 0 Å². The number of nitrogen functional groups attached to an aromatic ring is 1. The van der Waals surface area contributed by atoms with Gasteiger partial charge in [0.05, 0.1) is 5.69 Å². The first-order valence-electron chi connectivity index (χ1n) is 6.54. The standard InChI is InChI=1S/C13H20ClN3O2S/c1-16-7-3-4-11(16)9-17(2)20(18,19)13-6-5-10(14)8-12(13)15/h5-6,8,11H,3-4,7,9,15H2,1-2H3. The van der Waals surface area contributed by atoms with Gasteiger partial charge < -0.3 is 10.6 Å². The monoisotopic (exact) mass is 317 g/mol. The normalized spacial score (nSPS) is 20.7. The zero-order valence-corrected chi connectivity index (χ0v) is 13.3. The molecule has 0 amide bonds. The van der Waals surface area contributed by atoms with Crippen LogP contribution in [0.15, 0.2) is 23.1 Å². The predicted octanol–water partition coefficient (Wildman–Crippen LogP) is 1.64. The van der Waals surface area contributed by atoms with Crippen molar-refractivity contribution in [2.45, 2.75) is 23.8 Å². The number of hydrogen-bond acceptors (Lipinski definition) is 4. The highest BCUT2D eigenvalue weighted by Gasteiger charge is 2.29. The van der Waals surface area contributed by atoms with Crippen LogP contribution < -0.4 is 5.73 Å². The smallest absolute Gasteiger partial charge is 0.244 e. The van der Waals surface area contributed by atoms with Crippen LogP contribution in [0.4, 0.5) is 5.69 Å². The molecule has 1 aromatic rings. The summed E-state index contributed by atoms with van der Waals surface area (Å²) in [5.74, 6) is 0. The van der Waals surface area contributed by atoms with Gasteiger partial charge in [-0.25, -0.2) is 8.42 Å². The van der Waals surface area contributed by atoms with E-state index in [1.165, 1.54) is 16.4 Å². The van der Waals surface area contributed by atoms with Gasteiger partial charge in [-0.1, -0.05) is 11.6 Å². The fourth-order valence-corrected chi connectivity index (χ4v) is 4.01. The summed E-state index contributed by atoms with van der Waals surface area (Å²) in [7, 11) is 0.0411. The van der Waals surface area contributed by atoms with Crippen LogP contribution in [0.3, 0.4) is 0 Å². The Balaban J connectivity index is 2.20. The lowest BCUT2D eigenvalue weighted by atomic mass is 10.2. The summed E-state index contributed by atoms with van der Waals surface area (Å²) in [6, 6.07) is 4.73. The van der Waals surface area contributed by atoms with Crippen LogP contribution in [-0.2, 0) is 10.0 Å². The highest BCUT2D eigenvalue weighted by atomic mass is 35.5. The number of hydrogen-bond donors (Lipinski definition) is 1. The van der Waals surface area contributed by atoms with Gasteiger partial charge in [-0.05, 0) is 44.6 Å². The van der Waals surface area contributed by atoms with Crippen molar-refractivity contribution >= 4 is 27.3 Å². The highest BCUT2D eigenvalue weighted by Crippen LogP contribution is 2.26. The summed E-state index contributed by atoms with van der Waals surface area (Å²) in [6.45, 7) is 1.49. The highest BCUT2D eigenvalue weighted by molar-refractivity contribution is 7.89. The second kappa shape index (κ2) is 5.89. The molecule has 0 saturated carbocycles. The van der Waals surface area contributed by atoms with Crippen molar-refractivity contribution < 1.29 is 8.42 Å². The Hall–Kier alpha value is -0.820. The molecule has 1 aliphatic heterocycles. The Kier molecular flexibility index (Phi) is 4.59. The zero-order chi connectivity index (χ0) is 14.9. The van der Waals surface area contributed by atoms with E-state index >= 15 is 0 Å². The van der Waals surface area contributed by atoms with Crippen molar-refractivity contribution in [3.8, 4) is 0 Å². The fraction of sp³-hybridized carbons (Fsp3) is 0.538. The maximum atomic E-state index is 12.5. The number of benzene rings is 1. The zero-order valence-electron chi connectivity index (χ0n) is 11.7. The first-order valence-corrected chi connectivity index (χ1v) is 8.36. The third kappa shape index (κ3) is 3.09. The van der Waals surface area contributed by atoms with E-state index in [2.05, 4.69) is 4.90 Å². The molecule has 1 aromatic carbocycles. The number of anilines is 1. The van der Waals surface area contributed by atoms with Crippen LogP contribution in [0.5, 0.6) is 0 Å². The first-order chi connectivity index (χ1) is 9.32. The quantitative estimate of drug-likeness (QED) is 0.857. The third-order valence-electron chi connectivity index (χ3n) is 3.80. The summed E-state index contributed by atoms with van der Waals surface area (Å²) >= 11 is 5.81. The van der Waals surface area contributed by atoms with Gasteiger partial charge in [0.15, 0.2) is 0 Å². The fourth-order valence-electron chi connectivity index (χ4n) is 2.53. The van der Waals surface area contributed by atoms with E-state index in [0.29, 0.717) is 11.6 Å². The van der Waals surface area contributed by atoms with Crippen LogP contribution in [0.25, 0.3) is 0 Å². The average Bonchev–Trinajstić information content (AvgIpc) is 2.74. The topological polar surface area (TPSA) is 66.6 Å². The summed E-state index contributed by atoms with van der Waals surface area (Å²) in [4.78, 5) is 2.31. The summed E-state index contributed by atoms with van der Waals surface area (Å²) < 4.78 is 26.5. The van der Waals surface area contributed by atoms with Gasteiger partial charge in [-0.3, -0.25) is 0 Å². The molecule has 0 bridgehead atoms. The van der Waals surface area contributed by atoms with E-state index in [-0.39, 0.29) is 16.6 Å². The second-order valence-corrected chi connectivity index (χ2v) is 7.69. The van der Waals surface area contributed by atoms with Gasteiger partial charge in [0.1, 0.15) is 4.90 Å². The lowest BCUT2D eigenvalue weighted by Gasteiger charge is -2.25. The summed E-state index contributed by atoms with van der Waals surface area (Å²) in [5.41, 5.74) is 5.96. The second-order valence-electron chi connectivity index (χ2n) is 5.24. The molecule has 0 spiro atoms. The number of halogens is 1. The van der Waals surface area contributed by atoms with E-state index in [0.717, 1.165) is 19.4 Å². The third-order valence-corrected chi connectivity index (χ3v) is 5.93. The molecule has 0 aromatic heterocycles. The molecule has 1 aliphatic rings. The van der Waals surface area contributed by atoms with E-state index in [9.17, 15) is 8.42 Å². The molecule has 20 heavy (non-hydrogen) atoms. The Labute approximate surface area is 125 Å². The van der Waals surface area contributed by atoms with Gasteiger partial charge in [0, 0.05) is 24.7 Å². The van der Waals surface area contributed by atoms with Crippen molar-refractivity contribution in [3.63, 3.8) is 0 Å². The molecule has 0 aliphatic carbocycles. The number of likely N-dealkylation sites (N-methyl/N-ethyl adjacent to an activating group) is 2. The Bertz CT molecular complexity index is 591. The molecule has 1 unspecified atom stereocenters. The van der Waals surface area contributed by atoms with Crippen molar-refractivity contribution in [2.75, 3.05) is 32.9 Å². The predicted molar refractivity (Wildman–Crippen MR) is 81.3 cm³/mol. The van der Waals surface area contributed by atoms with Gasteiger partial charge >= 0.3 is 0 Å². The van der Waals surface area contributed by atoms with E-state index < -0.39 is 10.0 Å². The minimum absolute atomic E-state index is 0.116. The van der Waals surface area contributed by atoms with Gasteiger partial charge in [0.25, 0.3) is 0 Å². The molecule has 1 heterocycles. The molecular weight excluding hydrogens is 298 g/mol. The lowest BCUT2D eigenvalue weighted by Crippen LogP contribution is -2.39. The molecule has 2 N–H and O–H groups in total. The van der Waals surface area contributed by atoms with Crippen molar-refractivity contribution in [1.29, 1.82) is 0 Å². The van der Waals surface area contributed by atoms with E-state index in [4.69, 9.17) is 17.3 Å². The van der Waals surface area contributed by atoms with Crippen LogP contribution >= 0.6 is 11.6 Å². The van der Waals surface area contributed by atoms with Gasteiger partial charge in [-0.2, -0.15) is 4.31 Å². The molecule has 0 radical (unpaired) electrons. The van der Waals surface area contributed by atoms with Crippen LogP contribution in [0.2, 0.25) is 5.02 Å². The van der Waals surface area contributed by atoms with Crippen LogP contribution in [-0.4, -0.2) is 50.8 Å². The first kappa shape index (κ1) is 15.6. The maximum Gasteiger partial charge on any atom is 0.244 e. The number of nitrogens with zero attached hydrogens (tertiary/aromatic N) is 2. The van der Waals surface area contributed by atoms with Crippen LogP contribution in [0, 0.1) is 0 Å². The Morgan fingerprint density at radius 1 is 1.50 bits per heavy atom. The molecular formula is C13H20ClN3O2S. The molecule has 112 valence electrons. The molecule has 1 saturated heterocycles. The molecule has 5 nitrogen and oxygen atoms in total. The number of rotatable bonds is 4. The van der Waals surface area contributed by atoms with E-state index in [1.807, 2.05) is 7.05 Å². The largest absolute Gasteiger partial charge is 0.398 e. The average molecular weight is 318 g/mol. The lowest BCUT2D eigenvalue weighted by molar-refractivity contribution is 0.271. The Morgan fingerprint density at radius 2 is 2.20 bits per heavy atom.